The Bertz CT molecular complexity index is 1210. The van der Waals surface area contributed by atoms with Gasteiger partial charge in [0.2, 0.25) is 11.8 Å². The third-order valence-corrected chi connectivity index (χ3v) is 7.11. The number of carbonyl (C=O) groups excluding carboxylic acids is 2. The number of aryl methyl sites for hydroxylation is 1. The van der Waals surface area contributed by atoms with Crippen molar-refractivity contribution < 1.29 is 34.4 Å². The van der Waals surface area contributed by atoms with Gasteiger partial charge in [0.15, 0.2) is 11.5 Å². The Morgan fingerprint density at radius 1 is 1.13 bits per heavy atom. The van der Waals surface area contributed by atoms with Gasteiger partial charge in [-0.25, -0.2) is 0 Å². The fourth-order valence-electron chi connectivity index (χ4n) is 5.17. The standard InChI is InChI=1S/C29H36N2O7/c1-16(2)29(36)31(14-18-7-5-17(3)6-8-18)22-13-21(28(35)30-9-10-32)24-20-11-19(15-33)12-23(37-4)26(20)38-27(24)25(22)34/h5-8,11-13,16,22,24-25,27,32-34H,9-10,14-15H2,1-4H3,(H,30,35)/t22-,24+,25+,27+/m1/s1. The zero-order valence-electron chi connectivity index (χ0n) is 22.2. The second-order valence-corrected chi connectivity index (χ2v) is 10.1. The summed E-state index contributed by atoms with van der Waals surface area (Å²) in [5.41, 5.74) is 3.49. The van der Waals surface area contributed by atoms with Gasteiger partial charge in [-0.3, -0.25) is 9.59 Å². The van der Waals surface area contributed by atoms with Crippen molar-refractivity contribution in [1.29, 1.82) is 0 Å². The van der Waals surface area contributed by atoms with Crippen LogP contribution >= 0.6 is 0 Å². The van der Waals surface area contributed by atoms with Crippen LogP contribution in [0.4, 0.5) is 0 Å². The van der Waals surface area contributed by atoms with E-state index in [9.17, 15) is 24.9 Å². The predicted molar refractivity (Wildman–Crippen MR) is 141 cm³/mol. The summed E-state index contributed by atoms with van der Waals surface area (Å²) >= 11 is 0. The molecule has 204 valence electrons. The Labute approximate surface area is 222 Å². The number of aliphatic hydroxyl groups excluding tert-OH is 3. The highest BCUT2D eigenvalue weighted by Crippen LogP contribution is 2.51. The number of aliphatic hydroxyl groups is 3. The van der Waals surface area contributed by atoms with Gasteiger partial charge in [0, 0.05) is 30.1 Å². The maximum Gasteiger partial charge on any atom is 0.247 e. The zero-order valence-corrected chi connectivity index (χ0v) is 22.2. The quantitative estimate of drug-likeness (QED) is 0.394. The van der Waals surface area contributed by atoms with E-state index in [1.54, 1.807) is 37.0 Å². The Morgan fingerprint density at radius 2 is 1.84 bits per heavy atom. The van der Waals surface area contributed by atoms with Gasteiger partial charge in [0.1, 0.15) is 12.2 Å². The highest BCUT2D eigenvalue weighted by molar-refractivity contribution is 5.96. The third kappa shape index (κ3) is 5.27. The van der Waals surface area contributed by atoms with E-state index in [1.807, 2.05) is 31.2 Å². The van der Waals surface area contributed by atoms with E-state index in [2.05, 4.69) is 5.32 Å². The van der Waals surface area contributed by atoms with Crippen molar-refractivity contribution in [2.75, 3.05) is 20.3 Å². The van der Waals surface area contributed by atoms with E-state index >= 15 is 0 Å². The van der Waals surface area contributed by atoms with Gasteiger partial charge < -0.3 is 35.0 Å². The molecular formula is C29H36N2O7. The molecule has 2 amide bonds. The predicted octanol–water partition coefficient (Wildman–Crippen LogP) is 1.80. The number of ether oxygens (including phenoxy) is 2. The van der Waals surface area contributed by atoms with Crippen molar-refractivity contribution in [2.45, 2.75) is 58.1 Å². The minimum atomic E-state index is -1.16. The average Bonchev–Trinajstić information content (AvgIpc) is 3.31. The first-order valence-electron chi connectivity index (χ1n) is 12.8. The lowest BCUT2D eigenvalue weighted by Gasteiger charge is -2.41. The van der Waals surface area contributed by atoms with Crippen LogP contribution in [0.25, 0.3) is 0 Å². The van der Waals surface area contributed by atoms with Crippen LogP contribution in [0.5, 0.6) is 11.5 Å². The van der Waals surface area contributed by atoms with Crippen LogP contribution in [0.3, 0.4) is 0 Å². The Balaban J connectivity index is 1.82. The molecule has 0 aromatic heterocycles. The fourth-order valence-corrected chi connectivity index (χ4v) is 5.17. The van der Waals surface area contributed by atoms with Crippen molar-refractivity contribution in [3.63, 3.8) is 0 Å². The third-order valence-electron chi connectivity index (χ3n) is 7.11. The Kier molecular flexibility index (Phi) is 8.40. The van der Waals surface area contributed by atoms with Crippen LogP contribution in [0.2, 0.25) is 0 Å². The van der Waals surface area contributed by atoms with E-state index in [0.29, 0.717) is 28.2 Å². The molecule has 2 aliphatic rings. The molecule has 0 spiro atoms. The van der Waals surface area contributed by atoms with Crippen molar-refractivity contribution >= 4 is 11.8 Å². The minimum Gasteiger partial charge on any atom is -0.493 e. The molecule has 9 nitrogen and oxygen atoms in total. The molecule has 0 fully saturated rings. The van der Waals surface area contributed by atoms with Gasteiger partial charge in [-0.05, 0) is 36.3 Å². The number of benzene rings is 2. The van der Waals surface area contributed by atoms with Crippen LogP contribution in [0.15, 0.2) is 48.0 Å². The molecule has 38 heavy (non-hydrogen) atoms. The molecule has 1 heterocycles. The molecule has 4 rings (SSSR count). The molecule has 9 heteroatoms. The lowest BCUT2D eigenvalue weighted by atomic mass is 9.77. The van der Waals surface area contributed by atoms with E-state index in [4.69, 9.17) is 9.47 Å². The number of hydrogen-bond donors (Lipinski definition) is 4. The van der Waals surface area contributed by atoms with Gasteiger partial charge in [-0.2, -0.15) is 0 Å². The second kappa shape index (κ2) is 11.6. The van der Waals surface area contributed by atoms with Crippen LogP contribution in [-0.2, 0) is 22.7 Å². The summed E-state index contributed by atoms with van der Waals surface area (Å²) in [6, 6.07) is 10.4. The lowest BCUT2D eigenvalue weighted by Crippen LogP contribution is -2.56. The van der Waals surface area contributed by atoms with Crippen molar-refractivity contribution in [2.24, 2.45) is 5.92 Å². The van der Waals surface area contributed by atoms with E-state index in [0.717, 1.165) is 11.1 Å². The molecule has 4 atom stereocenters. The summed E-state index contributed by atoms with van der Waals surface area (Å²) in [6.45, 7) is 5.39. The van der Waals surface area contributed by atoms with E-state index in [1.165, 1.54) is 7.11 Å². The SMILES string of the molecule is COc1cc(CO)cc2c1O[C@@H]1[C@@H](O)[C@H](N(Cc3ccc(C)cc3)C(=O)C(C)C)C=C(C(=O)NCCO)[C@H]21. The summed E-state index contributed by atoms with van der Waals surface area (Å²) in [7, 11) is 1.48. The van der Waals surface area contributed by atoms with Gasteiger partial charge in [-0.15, -0.1) is 0 Å². The molecule has 0 radical (unpaired) electrons. The van der Waals surface area contributed by atoms with Crippen molar-refractivity contribution in [1.82, 2.24) is 10.2 Å². The molecular weight excluding hydrogens is 488 g/mol. The Hall–Kier alpha value is -3.40. The molecule has 0 unspecified atom stereocenters. The van der Waals surface area contributed by atoms with Gasteiger partial charge in [-0.1, -0.05) is 43.7 Å². The van der Waals surface area contributed by atoms with E-state index < -0.39 is 30.1 Å². The first kappa shape index (κ1) is 27.6. The summed E-state index contributed by atoms with van der Waals surface area (Å²) in [6.07, 6.45) is -0.390. The van der Waals surface area contributed by atoms with E-state index in [-0.39, 0.29) is 38.1 Å². The van der Waals surface area contributed by atoms with Crippen LogP contribution in [0, 0.1) is 12.8 Å². The number of hydrogen-bond acceptors (Lipinski definition) is 7. The topological polar surface area (TPSA) is 129 Å². The number of amides is 2. The highest BCUT2D eigenvalue weighted by atomic mass is 16.5. The van der Waals surface area contributed by atoms with Crippen LogP contribution in [-0.4, -0.2) is 70.5 Å². The summed E-state index contributed by atoms with van der Waals surface area (Å²) in [4.78, 5) is 28.4. The smallest absolute Gasteiger partial charge is 0.247 e. The van der Waals surface area contributed by atoms with Gasteiger partial charge >= 0.3 is 0 Å². The van der Waals surface area contributed by atoms with Crippen molar-refractivity contribution in [3.05, 3.63) is 70.3 Å². The molecule has 0 bridgehead atoms. The number of rotatable bonds is 9. The fraction of sp³-hybridized carbons (Fsp3) is 0.448. The zero-order chi connectivity index (χ0) is 27.6. The summed E-state index contributed by atoms with van der Waals surface area (Å²) in [5, 5.41) is 33.5. The average molecular weight is 525 g/mol. The molecule has 2 aromatic rings. The first-order chi connectivity index (χ1) is 18.2. The van der Waals surface area contributed by atoms with Gasteiger partial charge in [0.25, 0.3) is 0 Å². The number of methoxy groups -OCH3 is 1. The number of carbonyl (C=O) groups is 2. The van der Waals surface area contributed by atoms with Gasteiger partial charge in [0.05, 0.1) is 32.3 Å². The highest BCUT2D eigenvalue weighted by Gasteiger charge is 2.51. The lowest BCUT2D eigenvalue weighted by molar-refractivity contribution is -0.141. The molecule has 0 saturated heterocycles. The minimum absolute atomic E-state index is 0.0481. The maximum atomic E-state index is 13.5. The largest absolute Gasteiger partial charge is 0.493 e. The molecule has 1 aliphatic carbocycles. The van der Waals surface area contributed by atoms with Crippen LogP contribution in [0.1, 0.15) is 42.0 Å². The maximum absolute atomic E-state index is 13.5. The summed E-state index contributed by atoms with van der Waals surface area (Å²) < 4.78 is 11.8. The summed E-state index contributed by atoms with van der Waals surface area (Å²) in [5.74, 6) is -0.835. The second-order valence-electron chi connectivity index (χ2n) is 10.1. The molecule has 4 N–H and O–H groups in total. The molecule has 0 saturated carbocycles. The number of nitrogens with zero attached hydrogens (tertiary/aromatic N) is 1. The number of nitrogens with one attached hydrogen (secondary N) is 1. The van der Waals surface area contributed by atoms with Crippen LogP contribution < -0.4 is 14.8 Å². The monoisotopic (exact) mass is 524 g/mol. The number of fused-ring (bicyclic) bond motifs is 3. The Morgan fingerprint density at radius 3 is 2.45 bits per heavy atom. The molecule has 2 aromatic carbocycles. The normalized spacial score (nSPS) is 21.7. The molecule has 1 aliphatic heterocycles. The first-order valence-corrected chi connectivity index (χ1v) is 12.8. The van der Waals surface area contributed by atoms with Crippen molar-refractivity contribution in [3.8, 4) is 11.5 Å².